The van der Waals surface area contributed by atoms with Crippen LogP contribution in [0, 0.1) is 3.57 Å². The van der Waals surface area contributed by atoms with E-state index in [1.54, 1.807) is 0 Å². The molecule has 0 bridgehead atoms. The molecule has 21 heavy (non-hydrogen) atoms. The molecule has 0 radical (unpaired) electrons. The van der Waals surface area contributed by atoms with Gasteiger partial charge in [0.15, 0.2) is 0 Å². The number of benzene rings is 1. The van der Waals surface area contributed by atoms with E-state index >= 15 is 0 Å². The lowest BCUT2D eigenvalue weighted by Gasteiger charge is -2.19. The van der Waals surface area contributed by atoms with Crippen molar-refractivity contribution in [1.29, 1.82) is 0 Å². The molecule has 1 aliphatic heterocycles. The van der Waals surface area contributed by atoms with E-state index in [0.717, 1.165) is 15.6 Å². The van der Waals surface area contributed by atoms with Crippen molar-refractivity contribution >= 4 is 34.5 Å². The zero-order chi connectivity index (χ0) is 15.2. The number of carbonyl (C=O) groups is 2. The summed E-state index contributed by atoms with van der Waals surface area (Å²) in [5.41, 5.74) is 1.00. The molecule has 1 heterocycles. The van der Waals surface area contributed by atoms with Crippen LogP contribution in [-0.4, -0.2) is 37.7 Å². The number of halogens is 1. The molecule has 1 N–H and O–H groups in total. The smallest absolute Gasteiger partial charge is 0.328 e. The lowest BCUT2D eigenvalue weighted by atomic mass is 10.1. The molecule has 1 fully saturated rings. The zero-order valence-corrected chi connectivity index (χ0v) is 14.0. The average molecular weight is 403 g/mol. The maximum atomic E-state index is 12.1. The largest absolute Gasteiger partial charge is 0.467 e. The maximum absolute atomic E-state index is 12.1. The molecular formula is C15H18INO4. The number of hydrogen-bond donors (Lipinski definition) is 1. The fourth-order valence-electron chi connectivity index (χ4n) is 2.27. The molecule has 0 saturated carbocycles. The van der Waals surface area contributed by atoms with Gasteiger partial charge in [-0.05, 0) is 47.1 Å². The Balaban J connectivity index is 2.06. The van der Waals surface area contributed by atoms with E-state index in [0.29, 0.717) is 19.4 Å². The third-order valence-corrected chi connectivity index (χ3v) is 4.46. The summed E-state index contributed by atoms with van der Waals surface area (Å²) in [5, 5.41) is 2.74. The van der Waals surface area contributed by atoms with E-state index in [1.165, 1.54) is 7.11 Å². The van der Waals surface area contributed by atoms with Crippen molar-refractivity contribution in [3.8, 4) is 0 Å². The quantitative estimate of drug-likeness (QED) is 0.600. The molecule has 6 heteroatoms. The highest BCUT2D eigenvalue weighted by Gasteiger charge is 2.29. The summed E-state index contributed by atoms with van der Waals surface area (Å²) < 4.78 is 11.2. The van der Waals surface area contributed by atoms with Crippen LogP contribution < -0.4 is 5.32 Å². The Kier molecular flexibility index (Phi) is 5.98. The van der Waals surface area contributed by atoms with Crippen LogP contribution in [0.25, 0.3) is 0 Å². The summed E-state index contributed by atoms with van der Waals surface area (Å²) in [7, 11) is 1.32. The minimum atomic E-state index is -0.692. The third-order valence-electron chi connectivity index (χ3n) is 3.41. The Labute approximate surface area is 137 Å². The van der Waals surface area contributed by atoms with Crippen LogP contribution in [0.1, 0.15) is 18.4 Å². The normalized spacial score (nSPS) is 19.0. The van der Waals surface area contributed by atoms with E-state index < -0.39 is 18.1 Å². The topological polar surface area (TPSA) is 64.6 Å². The lowest BCUT2D eigenvalue weighted by Crippen LogP contribution is -2.47. The van der Waals surface area contributed by atoms with Crippen LogP contribution in [0.3, 0.4) is 0 Å². The minimum absolute atomic E-state index is 0.242. The van der Waals surface area contributed by atoms with Crippen LogP contribution >= 0.6 is 22.6 Å². The first-order chi connectivity index (χ1) is 10.1. The third kappa shape index (κ3) is 4.41. The molecule has 0 aromatic heterocycles. The first-order valence-electron chi connectivity index (χ1n) is 6.85. The van der Waals surface area contributed by atoms with Gasteiger partial charge in [-0.2, -0.15) is 0 Å². The molecule has 1 aromatic carbocycles. The Morgan fingerprint density at radius 3 is 2.86 bits per heavy atom. The highest BCUT2D eigenvalue weighted by Crippen LogP contribution is 2.16. The summed E-state index contributed by atoms with van der Waals surface area (Å²) in [5.74, 6) is -0.685. The Hall–Kier alpha value is -1.15. The first kappa shape index (κ1) is 16.2. The molecule has 0 aliphatic carbocycles. The van der Waals surface area contributed by atoms with Gasteiger partial charge < -0.3 is 14.8 Å². The van der Waals surface area contributed by atoms with Gasteiger partial charge >= 0.3 is 5.97 Å². The number of ether oxygens (including phenoxy) is 2. The van der Waals surface area contributed by atoms with E-state index in [9.17, 15) is 9.59 Å². The summed E-state index contributed by atoms with van der Waals surface area (Å²) in [4.78, 5) is 24.0. The standard InChI is InChI=1S/C15H18INO4/c1-20-15(19)12(9-10-5-2-3-6-11(10)16)17-14(18)13-7-4-8-21-13/h2-3,5-6,12-13H,4,7-9H2,1H3,(H,17,18)/t12-,13+/m1/s1. The van der Waals surface area contributed by atoms with Gasteiger partial charge in [-0.1, -0.05) is 18.2 Å². The highest BCUT2D eigenvalue weighted by atomic mass is 127. The number of carbonyl (C=O) groups excluding carboxylic acids is 2. The number of nitrogens with one attached hydrogen (secondary N) is 1. The fraction of sp³-hybridized carbons (Fsp3) is 0.467. The SMILES string of the molecule is COC(=O)[C@@H](Cc1ccccc1I)NC(=O)[C@@H]1CCCO1. The molecule has 5 nitrogen and oxygen atoms in total. The van der Waals surface area contributed by atoms with Crippen LogP contribution in [0.15, 0.2) is 24.3 Å². The van der Waals surface area contributed by atoms with E-state index in [-0.39, 0.29) is 5.91 Å². The van der Waals surface area contributed by atoms with Gasteiger partial charge in [-0.25, -0.2) is 4.79 Å². The van der Waals surface area contributed by atoms with E-state index in [1.807, 2.05) is 24.3 Å². The van der Waals surface area contributed by atoms with Crippen LogP contribution in [0.4, 0.5) is 0 Å². The summed E-state index contributed by atoms with van der Waals surface area (Å²) in [6.07, 6.45) is 1.52. The van der Waals surface area contributed by atoms with Gasteiger partial charge in [0.1, 0.15) is 12.1 Å². The second-order valence-corrected chi connectivity index (χ2v) is 6.04. The fourth-order valence-corrected chi connectivity index (χ4v) is 2.88. The lowest BCUT2D eigenvalue weighted by molar-refractivity contribution is -0.146. The predicted octanol–water partition coefficient (Wildman–Crippen LogP) is 1.67. The minimum Gasteiger partial charge on any atom is -0.467 e. The monoisotopic (exact) mass is 403 g/mol. The molecule has 114 valence electrons. The van der Waals surface area contributed by atoms with Crippen LogP contribution in [-0.2, 0) is 25.5 Å². The van der Waals surface area contributed by atoms with Gasteiger partial charge in [0.05, 0.1) is 7.11 Å². The van der Waals surface area contributed by atoms with Crippen molar-refractivity contribution in [1.82, 2.24) is 5.32 Å². The molecule has 1 aliphatic rings. The molecule has 2 atom stereocenters. The summed E-state index contributed by atoms with van der Waals surface area (Å²) >= 11 is 2.21. The van der Waals surface area contributed by atoms with Gasteiger partial charge in [0.2, 0.25) is 5.91 Å². The van der Waals surface area contributed by atoms with Crippen LogP contribution in [0.5, 0.6) is 0 Å². The zero-order valence-electron chi connectivity index (χ0n) is 11.8. The van der Waals surface area contributed by atoms with Gasteiger partial charge in [-0.3, -0.25) is 4.79 Å². The van der Waals surface area contributed by atoms with Gasteiger partial charge in [0, 0.05) is 16.6 Å². The molecule has 1 saturated heterocycles. The Morgan fingerprint density at radius 2 is 2.24 bits per heavy atom. The van der Waals surface area contributed by atoms with E-state index in [2.05, 4.69) is 27.9 Å². The van der Waals surface area contributed by atoms with E-state index in [4.69, 9.17) is 9.47 Å². The van der Waals surface area contributed by atoms with Crippen molar-refractivity contribution in [2.45, 2.75) is 31.4 Å². The highest BCUT2D eigenvalue weighted by molar-refractivity contribution is 14.1. The number of rotatable bonds is 5. The Morgan fingerprint density at radius 1 is 1.48 bits per heavy atom. The molecule has 2 rings (SSSR count). The predicted molar refractivity (Wildman–Crippen MR) is 85.8 cm³/mol. The molecule has 0 unspecified atom stereocenters. The van der Waals surface area contributed by atoms with Crippen molar-refractivity contribution < 1.29 is 19.1 Å². The number of methoxy groups -OCH3 is 1. The second-order valence-electron chi connectivity index (χ2n) is 4.88. The first-order valence-corrected chi connectivity index (χ1v) is 7.93. The molecular weight excluding hydrogens is 385 g/mol. The van der Waals surface area contributed by atoms with Gasteiger partial charge in [-0.15, -0.1) is 0 Å². The number of amides is 1. The van der Waals surface area contributed by atoms with Crippen molar-refractivity contribution in [3.05, 3.63) is 33.4 Å². The molecule has 0 spiro atoms. The molecule has 1 amide bonds. The summed E-state index contributed by atoms with van der Waals surface area (Å²) in [6.45, 7) is 0.595. The van der Waals surface area contributed by atoms with Crippen molar-refractivity contribution in [2.75, 3.05) is 13.7 Å². The van der Waals surface area contributed by atoms with Crippen LogP contribution in [0.2, 0.25) is 0 Å². The Bertz CT molecular complexity index is 514. The second kappa shape index (κ2) is 7.74. The van der Waals surface area contributed by atoms with Gasteiger partial charge in [0.25, 0.3) is 0 Å². The van der Waals surface area contributed by atoms with Crippen molar-refractivity contribution in [3.63, 3.8) is 0 Å². The van der Waals surface area contributed by atoms with Crippen molar-refractivity contribution in [2.24, 2.45) is 0 Å². The average Bonchev–Trinajstić information content (AvgIpc) is 3.02. The molecule has 1 aromatic rings. The summed E-state index contributed by atoms with van der Waals surface area (Å²) in [6, 6.07) is 7.06. The number of esters is 1. The number of hydrogen-bond acceptors (Lipinski definition) is 4. The maximum Gasteiger partial charge on any atom is 0.328 e.